The summed E-state index contributed by atoms with van der Waals surface area (Å²) in [5.74, 6) is 0.227. The number of rotatable bonds is 3. The smallest absolute Gasteiger partial charge is 0.263 e. The molecule has 0 aliphatic heterocycles. The summed E-state index contributed by atoms with van der Waals surface area (Å²) in [6.07, 6.45) is 2.68. The van der Waals surface area contributed by atoms with Gasteiger partial charge in [-0.3, -0.25) is 4.72 Å². The third kappa shape index (κ3) is 3.39. The third-order valence-electron chi connectivity index (χ3n) is 2.13. The van der Waals surface area contributed by atoms with Crippen molar-refractivity contribution in [3.8, 4) is 6.07 Å². The Morgan fingerprint density at radius 1 is 1.16 bits per heavy atom. The molecule has 0 aromatic carbocycles. The largest absolute Gasteiger partial charge is 0.264 e. The maximum atomic E-state index is 12.0. The van der Waals surface area contributed by atoms with Gasteiger partial charge in [-0.05, 0) is 46.9 Å². The minimum absolute atomic E-state index is 0.0214. The van der Waals surface area contributed by atoms with Gasteiger partial charge in [-0.2, -0.15) is 5.26 Å². The summed E-state index contributed by atoms with van der Waals surface area (Å²) in [7, 11) is -3.74. The molecule has 6 nitrogen and oxygen atoms in total. The van der Waals surface area contributed by atoms with E-state index in [1.807, 2.05) is 6.07 Å². The van der Waals surface area contributed by atoms with E-state index in [1.165, 1.54) is 12.1 Å². The Hall–Kier alpha value is -1.73. The minimum atomic E-state index is -3.74. The predicted molar refractivity (Wildman–Crippen MR) is 76.7 cm³/mol. The number of hydrogen-bond acceptors (Lipinski definition) is 5. The second-order valence-corrected chi connectivity index (χ2v) is 6.39. The van der Waals surface area contributed by atoms with Crippen molar-refractivity contribution in [3.63, 3.8) is 0 Å². The molecule has 2 heterocycles. The Kier molecular flexibility index (Phi) is 3.96. The normalized spacial score (nSPS) is 10.7. The molecule has 8 heteroatoms. The van der Waals surface area contributed by atoms with Gasteiger partial charge in [0.1, 0.15) is 22.5 Å². The van der Waals surface area contributed by atoms with E-state index in [0.29, 0.717) is 0 Å². The van der Waals surface area contributed by atoms with Crippen LogP contribution < -0.4 is 4.72 Å². The Balaban J connectivity index is 2.27. The lowest BCUT2D eigenvalue weighted by Gasteiger charge is -2.06. The van der Waals surface area contributed by atoms with Crippen molar-refractivity contribution in [2.45, 2.75) is 4.90 Å². The van der Waals surface area contributed by atoms with Crippen LogP contribution in [0.3, 0.4) is 0 Å². The predicted octanol–water partition coefficient (Wildman–Crippen LogP) is 1.75. The van der Waals surface area contributed by atoms with Crippen LogP contribution in [0.15, 0.2) is 41.6 Å². The lowest BCUT2D eigenvalue weighted by molar-refractivity contribution is 0.600. The number of hydrogen-bond donors (Lipinski definition) is 1. The third-order valence-corrected chi connectivity index (χ3v) is 4.11. The lowest BCUT2D eigenvalue weighted by Crippen LogP contribution is -2.14. The number of nitriles is 1. The van der Waals surface area contributed by atoms with E-state index < -0.39 is 10.0 Å². The van der Waals surface area contributed by atoms with Gasteiger partial charge in [0.05, 0.1) is 0 Å². The molecule has 2 aromatic heterocycles. The van der Waals surface area contributed by atoms with Crippen LogP contribution in [0.25, 0.3) is 0 Å². The van der Waals surface area contributed by atoms with Gasteiger partial charge in [-0.1, -0.05) is 0 Å². The molecule has 0 radical (unpaired) electrons. The molecule has 2 aromatic rings. The average molecular weight is 386 g/mol. The summed E-state index contributed by atoms with van der Waals surface area (Å²) in [5, 5.41) is 8.60. The van der Waals surface area contributed by atoms with Crippen molar-refractivity contribution in [2.75, 3.05) is 4.72 Å². The summed E-state index contributed by atoms with van der Waals surface area (Å²) in [6.45, 7) is 0. The number of aromatic nitrogens is 2. The van der Waals surface area contributed by atoms with Gasteiger partial charge in [0.25, 0.3) is 10.0 Å². The monoisotopic (exact) mass is 386 g/mol. The van der Waals surface area contributed by atoms with Gasteiger partial charge >= 0.3 is 0 Å². The maximum Gasteiger partial charge on any atom is 0.264 e. The highest BCUT2D eigenvalue weighted by Gasteiger charge is 2.15. The highest BCUT2D eigenvalue weighted by molar-refractivity contribution is 14.1. The molecule has 0 amide bonds. The zero-order valence-electron chi connectivity index (χ0n) is 9.41. The van der Waals surface area contributed by atoms with Gasteiger partial charge in [0.2, 0.25) is 0 Å². The van der Waals surface area contributed by atoms with Gasteiger partial charge < -0.3 is 0 Å². The van der Waals surface area contributed by atoms with Gasteiger partial charge in [0, 0.05) is 16.0 Å². The molecule has 1 N–H and O–H groups in total. The quantitative estimate of drug-likeness (QED) is 0.811. The fourth-order valence-corrected chi connectivity index (χ4v) is 2.51. The highest BCUT2D eigenvalue weighted by Crippen LogP contribution is 2.14. The van der Waals surface area contributed by atoms with Crippen molar-refractivity contribution < 1.29 is 8.42 Å². The number of nitrogens with one attached hydrogen (secondary N) is 1. The Labute approximate surface area is 123 Å². The average Bonchev–Trinajstić information content (AvgIpc) is 2.41. The van der Waals surface area contributed by atoms with E-state index in [-0.39, 0.29) is 16.4 Å². The molecule has 0 bridgehead atoms. The molecule has 0 aliphatic carbocycles. The molecule has 0 saturated carbocycles. The summed E-state index contributed by atoms with van der Waals surface area (Å²) >= 11 is 2.07. The molecule has 19 heavy (non-hydrogen) atoms. The van der Waals surface area contributed by atoms with Crippen LogP contribution in [0.4, 0.5) is 5.82 Å². The molecule has 0 aliphatic rings. The first-order valence-corrected chi connectivity index (χ1v) is 7.58. The topological polar surface area (TPSA) is 95.7 Å². The second-order valence-electron chi connectivity index (χ2n) is 3.46. The molecule has 0 spiro atoms. The van der Waals surface area contributed by atoms with Crippen LogP contribution in [0.2, 0.25) is 0 Å². The number of anilines is 1. The summed E-state index contributed by atoms with van der Waals surface area (Å²) < 4.78 is 27.3. The van der Waals surface area contributed by atoms with Crippen molar-refractivity contribution in [2.24, 2.45) is 0 Å². The van der Waals surface area contributed by atoms with Crippen molar-refractivity contribution in [1.29, 1.82) is 5.26 Å². The van der Waals surface area contributed by atoms with Crippen LogP contribution in [0, 0.1) is 14.9 Å². The second kappa shape index (κ2) is 5.50. The zero-order chi connectivity index (χ0) is 13.9. The standard InChI is InChI=1S/C11H7IN4O2S/c12-8-1-4-11(15-6-8)16-19(17,18)10-3-2-9(5-13)14-7-10/h1-4,6-7H,(H,15,16). The van der Waals surface area contributed by atoms with Crippen molar-refractivity contribution in [3.05, 3.63) is 45.9 Å². The van der Waals surface area contributed by atoms with Crippen molar-refractivity contribution in [1.82, 2.24) is 9.97 Å². The first-order chi connectivity index (χ1) is 9.01. The summed E-state index contributed by atoms with van der Waals surface area (Å²) in [5.41, 5.74) is 0.159. The zero-order valence-corrected chi connectivity index (χ0v) is 12.4. The molecular weight excluding hydrogens is 379 g/mol. The Bertz CT molecular complexity index is 721. The highest BCUT2D eigenvalue weighted by atomic mass is 127. The Morgan fingerprint density at radius 2 is 1.95 bits per heavy atom. The van der Waals surface area contributed by atoms with Crippen LogP contribution in [0.1, 0.15) is 5.69 Å². The van der Waals surface area contributed by atoms with E-state index in [2.05, 4.69) is 37.3 Å². The summed E-state index contributed by atoms with van der Waals surface area (Å²) in [6, 6.07) is 7.79. The first-order valence-electron chi connectivity index (χ1n) is 5.02. The van der Waals surface area contributed by atoms with E-state index >= 15 is 0 Å². The molecule has 2 rings (SSSR count). The van der Waals surface area contributed by atoms with E-state index in [1.54, 1.807) is 18.3 Å². The fourth-order valence-electron chi connectivity index (χ4n) is 1.24. The number of nitrogens with zero attached hydrogens (tertiary/aromatic N) is 3. The van der Waals surface area contributed by atoms with Gasteiger partial charge in [0.15, 0.2) is 0 Å². The van der Waals surface area contributed by atoms with Crippen LogP contribution >= 0.6 is 22.6 Å². The van der Waals surface area contributed by atoms with E-state index in [0.717, 1.165) is 9.77 Å². The summed E-state index contributed by atoms with van der Waals surface area (Å²) in [4.78, 5) is 7.65. The minimum Gasteiger partial charge on any atom is -0.263 e. The van der Waals surface area contributed by atoms with E-state index in [9.17, 15) is 8.42 Å². The SMILES string of the molecule is N#Cc1ccc(S(=O)(=O)Nc2ccc(I)cn2)cn1. The number of sulfonamides is 1. The van der Waals surface area contributed by atoms with Gasteiger partial charge in [-0.15, -0.1) is 0 Å². The molecule has 0 unspecified atom stereocenters. The molecule has 0 fully saturated rings. The Morgan fingerprint density at radius 3 is 2.47 bits per heavy atom. The molecule has 0 saturated heterocycles. The van der Waals surface area contributed by atoms with Crippen LogP contribution in [-0.2, 0) is 10.0 Å². The number of pyridine rings is 2. The van der Waals surface area contributed by atoms with Crippen LogP contribution in [0.5, 0.6) is 0 Å². The molecule has 0 atom stereocenters. The first kappa shape index (κ1) is 13.7. The fraction of sp³-hybridized carbons (Fsp3) is 0. The molecular formula is C11H7IN4O2S. The molecule has 96 valence electrons. The van der Waals surface area contributed by atoms with E-state index in [4.69, 9.17) is 5.26 Å². The number of halogens is 1. The van der Waals surface area contributed by atoms with Crippen LogP contribution in [-0.4, -0.2) is 18.4 Å². The lowest BCUT2D eigenvalue weighted by atomic mass is 10.4. The maximum absolute atomic E-state index is 12.0. The van der Waals surface area contributed by atoms with Crippen molar-refractivity contribution >= 4 is 38.4 Å². The van der Waals surface area contributed by atoms with Gasteiger partial charge in [-0.25, -0.2) is 18.4 Å².